The molecule has 0 radical (unpaired) electrons. The summed E-state index contributed by atoms with van der Waals surface area (Å²) in [6.07, 6.45) is 1.84. The number of para-hydroxylation sites is 2. The number of ether oxygens (including phenoxy) is 1. The molecule has 0 aromatic heterocycles. The predicted octanol–water partition coefficient (Wildman–Crippen LogP) is 3.50. The van der Waals surface area contributed by atoms with Crippen LogP contribution in [0.4, 0.5) is 11.4 Å². The molecule has 130 valence electrons. The highest BCUT2D eigenvalue weighted by Gasteiger charge is 2.51. The van der Waals surface area contributed by atoms with Gasteiger partial charge < -0.3 is 15.0 Å². The number of aryl methyl sites for hydroxylation is 1. The van der Waals surface area contributed by atoms with Crippen molar-refractivity contribution in [3.63, 3.8) is 0 Å². The van der Waals surface area contributed by atoms with Crippen LogP contribution in [0.3, 0.4) is 0 Å². The minimum Gasteiger partial charge on any atom is -0.378 e. The first kappa shape index (κ1) is 16.2. The lowest BCUT2D eigenvalue weighted by molar-refractivity contribution is -0.118. The van der Waals surface area contributed by atoms with Crippen LogP contribution in [0.2, 0.25) is 0 Å². The molecule has 2 aromatic carbocycles. The lowest BCUT2D eigenvalue weighted by Gasteiger charge is -2.31. The van der Waals surface area contributed by atoms with Crippen molar-refractivity contribution in [3.05, 3.63) is 59.7 Å². The molecule has 0 spiro atoms. The molecule has 0 bridgehead atoms. The van der Waals surface area contributed by atoms with Crippen molar-refractivity contribution < 1.29 is 9.53 Å². The minimum absolute atomic E-state index is 0.108. The standard InChI is InChI=1S/C21H24N2O2/c1-16-6-8-17(9-7-16)21(10-11-21)20(24)22-18-4-2-3-5-19(18)23-12-14-25-15-13-23/h2-9H,10-15H2,1H3,(H,22,24). The number of amides is 1. The van der Waals surface area contributed by atoms with Gasteiger partial charge in [0.1, 0.15) is 0 Å². The summed E-state index contributed by atoms with van der Waals surface area (Å²) in [6.45, 7) is 5.25. The second kappa shape index (κ2) is 6.52. The van der Waals surface area contributed by atoms with Gasteiger partial charge in [0.05, 0.1) is 30.0 Å². The van der Waals surface area contributed by atoms with E-state index in [4.69, 9.17) is 4.74 Å². The van der Waals surface area contributed by atoms with E-state index in [0.29, 0.717) is 0 Å². The Balaban J connectivity index is 1.56. The fourth-order valence-corrected chi connectivity index (χ4v) is 3.55. The van der Waals surface area contributed by atoms with Crippen LogP contribution in [0.1, 0.15) is 24.0 Å². The number of carbonyl (C=O) groups excluding carboxylic acids is 1. The van der Waals surface area contributed by atoms with E-state index in [1.165, 1.54) is 5.56 Å². The van der Waals surface area contributed by atoms with Gasteiger partial charge >= 0.3 is 0 Å². The summed E-state index contributed by atoms with van der Waals surface area (Å²) in [5, 5.41) is 3.20. The van der Waals surface area contributed by atoms with E-state index in [9.17, 15) is 4.79 Å². The first-order chi connectivity index (χ1) is 12.2. The molecule has 4 rings (SSSR count). The monoisotopic (exact) mass is 336 g/mol. The molecule has 0 unspecified atom stereocenters. The van der Waals surface area contributed by atoms with Crippen LogP contribution in [0.25, 0.3) is 0 Å². The van der Waals surface area contributed by atoms with Gasteiger partial charge in [-0.25, -0.2) is 0 Å². The molecule has 2 fully saturated rings. The quantitative estimate of drug-likeness (QED) is 0.929. The Labute approximate surface area is 148 Å². The lowest BCUT2D eigenvalue weighted by Crippen LogP contribution is -2.37. The number of rotatable bonds is 4. The molecule has 4 heteroatoms. The van der Waals surface area contributed by atoms with Gasteiger partial charge in [-0.1, -0.05) is 42.0 Å². The smallest absolute Gasteiger partial charge is 0.235 e. The van der Waals surface area contributed by atoms with Crippen molar-refractivity contribution in [3.8, 4) is 0 Å². The third kappa shape index (κ3) is 3.14. The predicted molar refractivity (Wildman–Crippen MR) is 100 cm³/mol. The van der Waals surface area contributed by atoms with Crippen LogP contribution >= 0.6 is 0 Å². The molecule has 4 nitrogen and oxygen atoms in total. The van der Waals surface area contributed by atoms with Crippen molar-refractivity contribution in [2.45, 2.75) is 25.2 Å². The first-order valence-electron chi connectivity index (χ1n) is 8.99. The maximum Gasteiger partial charge on any atom is 0.235 e. The van der Waals surface area contributed by atoms with E-state index in [-0.39, 0.29) is 11.3 Å². The van der Waals surface area contributed by atoms with E-state index in [1.807, 2.05) is 18.2 Å². The Morgan fingerprint density at radius 2 is 1.72 bits per heavy atom. The lowest BCUT2D eigenvalue weighted by atomic mass is 9.94. The summed E-state index contributed by atoms with van der Waals surface area (Å²) in [5.41, 5.74) is 3.97. The number of benzene rings is 2. The van der Waals surface area contributed by atoms with E-state index in [2.05, 4.69) is 47.5 Å². The number of carbonyl (C=O) groups is 1. The van der Waals surface area contributed by atoms with Gasteiger partial charge in [-0.05, 0) is 37.5 Å². The molecule has 25 heavy (non-hydrogen) atoms. The van der Waals surface area contributed by atoms with Gasteiger partial charge in [-0.2, -0.15) is 0 Å². The van der Waals surface area contributed by atoms with Gasteiger partial charge in [0, 0.05) is 13.1 Å². The van der Waals surface area contributed by atoms with Crippen molar-refractivity contribution in [2.75, 3.05) is 36.5 Å². The van der Waals surface area contributed by atoms with Crippen LogP contribution in [-0.4, -0.2) is 32.2 Å². The third-order valence-electron chi connectivity index (χ3n) is 5.29. The van der Waals surface area contributed by atoms with Gasteiger partial charge in [-0.3, -0.25) is 4.79 Å². The summed E-state index contributed by atoms with van der Waals surface area (Å²) >= 11 is 0. The van der Waals surface area contributed by atoms with Gasteiger partial charge in [0.15, 0.2) is 0 Å². The molecule has 1 amide bonds. The van der Waals surface area contributed by atoms with E-state index < -0.39 is 0 Å². The van der Waals surface area contributed by atoms with Crippen LogP contribution in [0.5, 0.6) is 0 Å². The summed E-state index contributed by atoms with van der Waals surface area (Å²) in [4.78, 5) is 15.3. The van der Waals surface area contributed by atoms with Crippen molar-refractivity contribution in [1.29, 1.82) is 0 Å². The maximum absolute atomic E-state index is 13.1. The minimum atomic E-state index is -0.355. The molecular weight excluding hydrogens is 312 g/mol. The van der Waals surface area contributed by atoms with Gasteiger partial charge in [0.2, 0.25) is 5.91 Å². The van der Waals surface area contributed by atoms with Crippen LogP contribution in [0.15, 0.2) is 48.5 Å². The average Bonchev–Trinajstić information content (AvgIpc) is 3.45. The Kier molecular flexibility index (Phi) is 4.22. The van der Waals surface area contributed by atoms with Crippen LogP contribution in [0, 0.1) is 6.92 Å². The second-order valence-corrected chi connectivity index (χ2v) is 7.02. The van der Waals surface area contributed by atoms with Crippen LogP contribution in [-0.2, 0) is 14.9 Å². The normalized spacial score (nSPS) is 18.7. The molecule has 1 aliphatic heterocycles. The molecule has 2 aliphatic rings. The Morgan fingerprint density at radius 1 is 1.04 bits per heavy atom. The van der Waals surface area contributed by atoms with Crippen molar-refractivity contribution >= 4 is 17.3 Å². The maximum atomic E-state index is 13.1. The van der Waals surface area contributed by atoms with Crippen molar-refractivity contribution in [1.82, 2.24) is 0 Å². The highest BCUT2D eigenvalue weighted by atomic mass is 16.5. The molecule has 1 N–H and O–H groups in total. The fraction of sp³-hybridized carbons (Fsp3) is 0.381. The Bertz CT molecular complexity index is 760. The molecule has 2 aromatic rings. The second-order valence-electron chi connectivity index (χ2n) is 7.02. The highest BCUT2D eigenvalue weighted by molar-refractivity contribution is 6.03. The summed E-state index contributed by atoms with van der Waals surface area (Å²) in [6, 6.07) is 16.4. The topological polar surface area (TPSA) is 41.6 Å². The number of nitrogens with zero attached hydrogens (tertiary/aromatic N) is 1. The van der Waals surface area contributed by atoms with Crippen LogP contribution < -0.4 is 10.2 Å². The highest BCUT2D eigenvalue weighted by Crippen LogP contribution is 2.49. The zero-order valence-electron chi connectivity index (χ0n) is 14.6. The van der Waals surface area contributed by atoms with E-state index in [0.717, 1.165) is 56.1 Å². The molecule has 1 saturated carbocycles. The van der Waals surface area contributed by atoms with Gasteiger partial charge in [-0.15, -0.1) is 0 Å². The van der Waals surface area contributed by atoms with E-state index in [1.54, 1.807) is 0 Å². The number of hydrogen-bond acceptors (Lipinski definition) is 3. The number of nitrogens with one attached hydrogen (secondary N) is 1. The first-order valence-corrected chi connectivity index (χ1v) is 8.99. The zero-order chi connectivity index (χ0) is 17.3. The summed E-state index contributed by atoms with van der Waals surface area (Å²) < 4.78 is 5.44. The number of hydrogen-bond donors (Lipinski definition) is 1. The fourth-order valence-electron chi connectivity index (χ4n) is 3.55. The Hall–Kier alpha value is -2.33. The molecule has 0 atom stereocenters. The SMILES string of the molecule is Cc1ccc(C2(C(=O)Nc3ccccc3N3CCOCC3)CC2)cc1. The van der Waals surface area contributed by atoms with E-state index >= 15 is 0 Å². The molecular formula is C21H24N2O2. The zero-order valence-corrected chi connectivity index (χ0v) is 14.6. The third-order valence-corrected chi connectivity index (χ3v) is 5.29. The number of anilines is 2. The molecule has 1 saturated heterocycles. The van der Waals surface area contributed by atoms with Crippen molar-refractivity contribution in [2.24, 2.45) is 0 Å². The molecule has 1 heterocycles. The van der Waals surface area contributed by atoms with Gasteiger partial charge in [0.25, 0.3) is 0 Å². The molecule has 1 aliphatic carbocycles. The average molecular weight is 336 g/mol. The largest absolute Gasteiger partial charge is 0.378 e. The Morgan fingerprint density at radius 3 is 2.40 bits per heavy atom. The summed E-state index contributed by atoms with van der Waals surface area (Å²) in [5.74, 6) is 0.108. The number of morpholine rings is 1. The summed E-state index contributed by atoms with van der Waals surface area (Å²) in [7, 11) is 0.